The molecule has 1 unspecified atom stereocenters. The number of rotatable bonds is 6. The third-order valence-corrected chi connectivity index (χ3v) is 4.66. The summed E-state index contributed by atoms with van der Waals surface area (Å²) in [6.07, 6.45) is 0. The Morgan fingerprint density at radius 1 is 1.31 bits per heavy atom. The predicted octanol–water partition coefficient (Wildman–Crippen LogP) is 4.17. The van der Waals surface area contributed by atoms with Crippen LogP contribution in [0.25, 0.3) is 0 Å². The summed E-state index contributed by atoms with van der Waals surface area (Å²) in [5, 5.41) is 21.4. The fourth-order valence-corrected chi connectivity index (χ4v) is 3.26. The Labute approximate surface area is 182 Å². The van der Waals surface area contributed by atoms with Gasteiger partial charge in [-0.1, -0.05) is 6.07 Å². The van der Waals surface area contributed by atoms with E-state index in [0.29, 0.717) is 0 Å². The zero-order valence-corrected chi connectivity index (χ0v) is 17.1. The van der Waals surface area contributed by atoms with Crippen molar-refractivity contribution in [1.29, 1.82) is 5.26 Å². The lowest BCUT2D eigenvalue weighted by atomic mass is 9.83. The van der Waals surface area contributed by atoms with E-state index in [2.05, 4.69) is 0 Å². The number of nitro benzene ring substituents is 1. The van der Waals surface area contributed by atoms with Crippen LogP contribution in [0.2, 0.25) is 0 Å². The average molecular weight is 439 g/mol. The second-order valence-electron chi connectivity index (χ2n) is 6.66. The Kier molecular flexibility index (Phi) is 6.39. The van der Waals surface area contributed by atoms with E-state index in [4.69, 9.17) is 19.9 Å². The second-order valence-corrected chi connectivity index (χ2v) is 6.66. The lowest BCUT2D eigenvalue weighted by Gasteiger charge is -2.26. The number of nitrogens with zero attached hydrogens (tertiary/aromatic N) is 2. The van der Waals surface area contributed by atoms with Gasteiger partial charge in [0.25, 0.3) is 0 Å². The number of hydrogen-bond donors (Lipinski definition) is 1. The van der Waals surface area contributed by atoms with Gasteiger partial charge >= 0.3 is 11.7 Å². The number of esters is 1. The SMILES string of the molecule is CCOC(=O)C1=C(C)OC(N)=C(C#N)C1c1ccc(Oc2ccc(F)cc2)c([N+](=O)[O-])c1. The molecule has 2 aromatic rings. The van der Waals surface area contributed by atoms with Crippen LogP contribution in [0.1, 0.15) is 25.3 Å². The minimum atomic E-state index is -1.04. The number of halogens is 1. The highest BCUT2D eigenvalue weighted by molar-refractivity contribution is 5.92. The standard InChI is InChI=1S/C22H18FN3O6/c1-3-30-22(27)19-12(2)31-21(25)16(11-24)20(19)13-4-9-18(17(10-13)26(28)29)32-15-7-5-14(23)6-8-15/h4-10,20H,3,25H2,1-2H3. The van der Waals surface area contributed by atoms with Gasteiger partial charge in [-0.05, 0) is 49.7 Å². The van der Waals surface area contributed by atoms with Gasteiger partial charge in [0.1, 0.15) is 29.0 Å². The molecule has 0 saturated heterocycles. The molecular formula is C22H18FN3O6. The van der Waals surface area contributed by atoms with Crippen molar-refractivity contribution in [2.45, 2.75) is 19.8 Å². The molecule has 0 fully saturated rings. The van der Waals surface area contributed by atoms with Gasteiger partial charge in [-0.2, -0.15) is 5.26 Å². The first-order valence-corrected chi connectivity index (χ1v) is 9.44. The molecule has 0 aromatic heterocycles. The van der Waals surface area contributed by atoms with Gasteiger partial charge in [-0.3, -0.25) is 10.1 Å². The van der Waals surface area contributed by atoms with Crippen LogP contribution in [-0.4, -0.2) is 17.5 Å². The number of carbonyl (C=O) groups is 1. The van der Waals surface area contributed by atoms with E-state index >= 15 is 0 Å². The van der Waals surface area contributed by atoms with Gasteiger partial charge in [0.15, 0.2) is 0 Å². The first-order valence-electron chi connectivity index (χ1n) is 9.44. The maximum Gasteiger partial charge on any atom is 0.338 e. The number of allylic oxidation sites excluding steroid dienone is 2. The van der Waals surface area contributed by atoms with Crippen LogP contribution in [0.3, 0.4) is 0 Å². The molecule has 0 bridgehead atoms. The van der Waals surface area contributed by atoms with Crippen LogP contribution in [0.15, 0.2) is 65.3 Å². The minimum absolute atomic E-state index is 0.0131. The number of nitriles is 1. The molecule has 0 amide bonds. The van der Waals surface area contributed by atoms with Crippen molar-refractivity contribution >= 4 is 11.7 Å². The molecule has 0 spiro atoms. The quantitative estimate of drug-likeness (QED) is 0.402. The van der Waals surface area contributed by atoms with Gasteiger partial charge in [0, 0.05) is 6.07 Å². The molecule has 10 heteroatoms. The molecule has 164 valence electrons. The van der Waals surface area contributed by atoms with E-state index in [0.717, 1.165) is 12.1 Å². The van der Waals surface area contributed by atoms with Crippen LogP contribution >= 0.6 is 0 Å². The van der Waals surface area contributed by atoms with E-state index < -0.39 is 28.3 Å². The third-order valence-electron chi connectivity index (χ3n) is 4.66. The van der Waals surface area contributed by atoms with Gasteiger partial charge in [-0.25, -0.2) is 9.18 Å². The van der Waals surface area contributed by atoms with Crippen LogP contribution in [0.4, 0.5) is 10.1 Å². The number of ether oxygens (including phenoxy) is 3. The summed E-state index contributed by atoms with van der Waals surface area (Å²) in [6, 6.07) is 10.9. The van der Waals surface area contributed by atoms with Crippen molar-refractivity contribution in [2.75, 3.05) is 6.61 Å². The zero-order valence-electron chi connectivity index (χ0n) is 17.1. The van der Waals surface area contributed by atoms with E-state index in [1.54, 1.807) is 6.92 Å². The van der Waals surface area contributed by atoms with Crippen molar-refractivity contribution in [3.63, 3.8) is 0 Å². The maximum absolute atomic E-state index is 13.1. The molecule has 3 rings (SSSR count). The minimum Gasteiger partial charge on any atom is -0.463 e. The van der Waals surface area contributed by atoms with Crippen LogP contribution < -0.4 is 10.5 Å². The number of carbonyl (C=O) groups excluding carboxylic acids is 1. The largest absolute Gasteiger partial charge is 0.463 e. The molecule has 1 atom stereocenters. The molecule has 0 saturated carbocycles. The summed E-state index contributed by atoms with van der Waals surface area (Å²) >= 11 is 0. The van der Waals surface area contributed by atoms with Gasteiger partial charge < -0.3 is 19.9 Å². The highest BCUT2D eigenvalue weighted by Gasteiger charge is 2.37. The molecule has 0 aliphatic carbocycles. The molecule has 1 aliphatic heterocycles. The van der Waals surface area contributed by atoms with E-state index in [1.165, 1.54) is 37.3 Å². The van der Waals surface area contributed by atoms with Crippen molar-refractivity contribution in [1.82, 2.24) is 0 Å². The fourth-order valence-electron chi connectivity index (χ4n) is 3.26. The predicted molar refractivity (Wildman–Crippen MR) is 110 cm³/mol. The lowest BCUT2D eigenvalue weighted by Crippen LogP contribution is -2.25. The first-order chi connectivity index (χ1) is 15.3. The molecular weight excluding hydrogens is 421 g/mol. The second kappa shape index (κ2) is 9.18. The average Bonchev–Trinajstić information content (AvgIpc) is 2.75. The Morgan fingerprint density at radius 3 is 2.59 bits per heavy atom. The molecule has 32 heavy (non-hydrogen) atoms. The highest BCUT2D eigenvalue weighted by Crippen LogP contribution is 2.42. The third kappa shape index (κ3) is 4.37. The van der Waals surface area contributed by atoms with Crippen molar-refractivity contribution in [3.8, 4) is 17.6 Å². The number of nitro groups is 1. The maximum atomic E-state index is 13.1. The normalized spacial score (nSPS) is 15.6. The van der Waals surface area contributed by atoms with Crippen molar-refractivity contribution < 1.29 is 28.3 Å². The van der Waals surface area contributed by atoms with Crippen molar-refractivity contribution in [3.05, 3.63) is 86.7 Å². The van der Waals surface area contributed by atoms with E-state index in [9.17, 15) is 24.6 Å². The fraction of sp³-hybridized carbons (Fsp3) is 0.182. The molecule has 9 nitrogen and oxygen atoms in total. The van der Waals surface area contributed by atoms with E-state index in [1.807, 2.05) is 6.07 Å². The van der Waals surface area contributed by atoms with Crippen LogP contribution in [0, 0.1) is 27.3 Å². The topological polar surface area (TPSA) is 138 Å². The smallest absolute Gasteiger partial charge is 0.338 e. The highest BCUT2D eigenvalue weighted by atomic mass is 19.1. The number of hydrogen-bond acceptors (Lipinski definition) is 8. The summed E-state index contributed by atoms with van der Waals surface area (Å²) < 4.78 is 29.1. The monoisotopic (exact) mass is 439 g/mol. The molecule has 1 heterocycles. The van der Waals surface area contributed by atoms with Gasteiger partial charge in [0.2, 0.25) is 11.6 Å². The van der Waals surface area contributed by atoms with Gasteiger partial charge in [0.05, 0.1) is 23.0 Å². The van der Waals surface area contributed by atoms with E-state index in [-0.39, 0.29) is 46.5 Å². The summed E-state index contributed by atoms with van der Waals surface area (Å²) in [6.45, 7) is 3.18. The molecule has 0 radical (unpaired) electrons. The summed E-state index contributed by atoms with van der Waals surface area (Å²) in [5.41, 5.74) is 5.60. The lowest BCUT2D eigenvalue weighted by molar-refractivity contribution is -0.385. The summed E-state index contributed by atoms with van der Waals surface area (Å²) in [4.78, 5) is 23.7. The molecule has 2 N–H and O–H groups in total. The Bertz CT molecular complexity index is 1180. The first kappa shape index (κ1) is 22.3. The Hall–Kier alpha value is -4.39. The van der Waals surface area contributed by atoms with Crippen LogP contribution in [0.5, 0.6) is 11.5 Å². The zero-order chi connectivity index (χ0) is 23.4. The Balaban J connectivity index is 2.11. The number of nitrogens with two attached hydrogens (primary N) is 1. The Morgan fingerprint density at radius 2 is 2.00 bits per heavy atom. The summed E-state index contributed by atoms with van der Waals surface area (Å²) in [7, 11) is 0. The molecule has 1 aliphatic rings. The van der Waals surface area contributed by atoms with Gasteiger partial charge in [-0.15, -0.1) is 0 Å². The summed E-state index contributed by atoms with van der Waals surface area (Å²) in [5.74, 6) is -2.25. The van der Waals surface area contributed by atoms with Crippen LogP contribution in [-0.2, 0) is 14.3 Å². The molecule has 2 aromatic carbocycles. The van der Waals surface area contributed by atoms with Crippen molar-refractivity contribution in [2.24, 2.45) is 5.73 Å². The number of benzene rings is 2.